The highest BCUT2D eigenvalue weighted by atomic mass is 32.2. The van der Waals surface area contributed by atoms with E-state index in [4.69, 9.17) is 0 Å². The van der Waals surface area contributed by atoms with Crippen molar-refractivity contribution in [2.75, 3.05) is 17.2 Å². The van der Waals surface area contributed by atoms with Crippen LogP contribution >= 0.6 is 11.8 Å². The average molecular weight is 355 g/mol. The highest BCUT2D eigenvalue weighted by Gasteiger charge is 2.23. The third-order valence-corrected chi connectivity index (χ3v) is 5.16. The molecule has 0 fully saturated rings. The molecule has 0 atom stereocenters. The molecule has 6 heteroatoms. The Balaban J connectivity index is 1.52. The van der Waals surface area contributed by atoms with E-state index in [1.165, 1.54) is 17.3 Å². The van der Waals surface area contributed by atoms with Crippen LogP contribution in [0.5, 0.6) is 0 Å². The zero-order chi connectivity index (χ0) is 17.6. The zero-order valence-corrected chi connectivity index (χ0v) is 15.0. The SMILES string of the molecule is CCC(=O)N1CCc2cc(CNC(=O)CSc3ccncc3)ccc21. The minimum Gasteiger partial charge on any atom is -0.351 e. The van der Waals surface area contributed by atoms with E-state index in [0.717, 1.165) is 29.1 Å². The molecule has 1 aliphatic rings. The minimum absolute atomic E-state index is 0.00472. The monoisotopic (exact) mass is 355 g/mol. The molecule has 5 nitrogen and oxygen atoms in total. The van der Waals surface area contributed by atoms with Crippen LogP contribution in [0.1, 0.15) is 24.5 Å². The Morgan fingerprint density at radius 1 is 1.24 bits per heavy atom. The van der Waals surface area contributed by atoms with Crippen LogP contribution in [-0.2, 0) is 22.6 Å². The van der Waals surface area contributed by atoms with Crippen molar-refractivity contribution in [3.05, 3.63) is 53.9 Å². The van der Waals surface area contributed by atoms with Crippen LogP contribution in [0.3, 0.4) is 0 Å². The Labute approximate surface area is 151 Å². The number of anilines is 1. The van der Waals surface area contributed by atoms with Crippen LogP contribution in [0, 0.1) is 0 Å². The molecule has 0 bridgehead atoms. The van der Waals surface area contributed by atoms with Gasteiger partial charge in [0.2, 0.25) is 11.8 Å². The standard InChI is InChI=1S/C19H21N3O2S/c1-2-19(24)22-10-7-15-11-14(3-4-17(15)22)12-21-18(23)13-25-16-5-8-20-9-6-16/h3-6,8-9,11H,2,7,10,12-13H2,1H3,(H,21,23). The summed E-state index contributed by atoms with van der Waals surface area (Å²) in [4.78, 5) is 30.8. The number of hydrogen-bond acceptors (Lipinski definition) is 4. The van der Waals surface area contributed by atoms with Crippen LogP contribution in [0.25, 0.3) is 0 Å². The lowest BCUT2D eigenvalue weighted by Crippen LogP contribution is -2.27. The normalized spacial score (nSPS) is 12.8. The first kappa shape index (κ1) is 17.5. The molecule has 0 saturated carbocycles. The number of hydrogen-bond donors (Lipinski definition) is 1. The van der Waals surface area contributed by atoms with Gasteiger partial charge in [-0.15, -0.1) is 11.8 Å². The molecule has 0 saturated heterocycles. The van der Waals surface area contributed by atoms with Crippen LogP contribution < -0.4 is 10.2 Å². The van der Waals surface area contributed by atoms with E-state index in [0.29, 0.717) is 18.7 Å². The zero-order valence-electron chi connectivity index (χ0n) is 14.2. The molecule has 0 unspecified atom stereocenters. The predicted octanol–water partition coefficient (Wildman–Crippen LogP) is 2.79. The Hall–Kier alpha value is -2.34. The summed E-state index contributed by atoms with van der Waals surface area (Å²) >= 11 is 1.49. The molecule has 2 amide bonds. The summed E-state index contributed by atoms with van der Waals surface area (Å²) in [6.07, 6.45) is 4.84. The molecule has 2 aromatic rings. The van der Waals surface area contributed by atoms with Crippen LogP contribution in [0.4, 0.5) is 5.69 Å². The Kier molecular flexibility index (Phi) is 5.71. The number of rotatable bonds is 6. The van der Waals surface area contributed by atoms with Gasteiger partial charge in [0, 0.05) is 42.5 Å². The maximum absolute atomic E-state index is 12.0. The van der Waals surface area contributed by atoms with Gasteiger partial charge in [-0.1, -0.05) is 19.1 Å². The second-order valence-electron chi connectivity index (χ2n) is 5.86. The molecular weight excluding hydrogens is 334 g/mol. The van der Waals surface area contributed by atoms with E-state index >= 15 is 0 Å². The third-order valence-electron chi connectivity index (χ3n) is 4.15. The molecule has 2 heterocycles. The summed E-state index contributed by atoms with van der Waals surface area (Å²) in [6, 6.07) is 9.84. The van der Waals surface area contributed by atoms with Gasteiger partial charge >= 0.3 is 0 Å². The molecule has 1 N–H and O–H groups in total. The van der Waals surface area contributed by atoms with Gasteiger partial charge < -0.3 is 10.2 Å². The summed E-state index contributed by atoms with van der Waals surface area (Å²) in [5, 5.41) is 2.95. The van der Waals surface area contributed by atoms with E-state index in [1.54, 1.807) is 12.4 Å². The van der Waals surface area contributed by atoms with E-state index < -0.39 is 0 Å². The van der Waals surface area contributed by atoms with Crippen LogP contribution in [-0.4, -0.2) is 29.1 Å². The highest BCUT2D eigenvalue weighted by Crippen LogP contribution is 2.29. The van der Waals surface area contributed by atoms with Crippen molar-refractivity contribution in [1.82, 2.24) is 10.3 Å². The maximum Gasteiger partial charge on any atom is 0.230 e. The Bertz CT molecular complexity index is 765. The number of benzene rings is 1. The number of amides is 2. The lowest BCUT2D eigenvalue weighted by molar-refractivity contribution is -0.119. The molecule has 1 aromatic heterocycles. The topological polar surface area (TPSA) is 62.3 Å². The first-order valence-corrected chi connectivity index (χ1v) is 9.37. The van der Waals surface area contributed by atoms with Crippen LogP contribution in [0.15, 0.2) is 47.6 Å². The van der Waals surface area contributed by atoms with Crippen molar-refractivity contribution < 1.29 is 9.59 Å². The van der Waals surface area contributed by atoms with Gasteiger partial charge in [-0.25, -0.2) is 0 Å². The lowest BCUT2D eigenvalue weighted by Gasteiger charge is -2.16. The first-order chi connectivity index (χ1) is 12.2. The molecule has 0 aliphatic carbocycles. The highest BCUT2D eigenvalue weighted by molar-refractivity contribution is 8.00. The van der Waals surface area contributed by atoms with Gasteiger partial charge in [-0.3, -0.25) is 14.6 Å². The smallest absolute Gasteiger partial charge is 0.230 e. The number of nitrogens with one attached hydrogen (secondary N) is 1. The summed E-state index contributed by atoms with van der Waals surface area (Å²) in [5.41, 5.74) is 3.25. The molecule has 25 heavy (non-hydrogen) atoms. The van der Waals surface area contributed by atoms with Gasteiger partial charge in [-0.05, 0) is 35.7 Å². The van der Waals surface area contributed by atoms with Crippen molar-refractivity contribution in [1.29, 1.82) is 0 Å². The van der Waals surface area contributed by atoms with Crippen molar-refractivity contribution in [2.45, 2.75) is 31.2 Å². The van der Waals surface area contributed by atoms with E-state index in [9.17, 15) is 9.59 Å². The van der Waals surface area contributed by atoms with Crippen LogP contribution in [0.2, 0.25) is 0 Å². The number of pyridine rings is 1. The molecule has 0 radical (unpaired) electrons. The molecule has 1 aromatic carbocycles. The summed E-state index contributed by atoms with van der Waals surface area (Å²) < 4.78 is 0. The number of carbonyl (C=O) groups is 2. The van der Waals surface area contributed by atoms with Gasteiger partial charge in [0.1, 0.15) is 0 Å². The summed E-state index contributed by atoms with van der Waals surface area (Å²) in [6.45, 7) is 3.14. The summed E-state index contributed by atoms with van der Waals surface area (Å²) in [5.74, 6) is 0.548. The Morgan fingerprint density at radius 3 is 2.80 bits per heavy atom. The Morgan fingerprint density at radius 2 is 2.04 bits per heavy atom. The number of carbonyl (C=O) groups excluding carboxylic acids is 2. The molecular formula is C19H21N3O2S. The fraction of sp³-hybridized carbons (Fsp3) is 0.316. The van der Waals surface area contributed by atoms with Crippen molar-refractivity contribution in [2.24, 2.45) is 0 Å². The molecule has 130 valence electrons. The first-order valence-electron chi connectivity index (χ1n) is 8.39. The quantitative estimate of drug-likeness (QED) is 0.810. The number of nitrogens with zero attached hydrogens (tertiary/aromatic N) is 2. The fourth-order valence-corrected chi connectivity index (χ4v) is 3.56. The maximum atomic E-state index is 12.0. The second-order valence-corrected chi connectivity index (χ2v) is 6.91. The van der Waals surface area contributed by atoms with Gasteiger partial charge in [0.25, 0.3) is 0 Å². The average Bonchev–Trinajstić information content (AvgIpc) is 3.08. The van der Waals surface area contributed by atoms with Gasteiger partial charge in [0.05, 0.1) is 5.75 Å². The number of thioether (sulfide) groups is 1. The van der Waals surface area contributed by atoms with E-state index in [-0.39, 0.29) is 11.8 Å². The van der Waals surface area contributed by atoms with Gasteiger partial charge in [-0.2, -0.15) is 0 Å². The lowest BCUT2D eigenvalue weighted by atomic mass is 10.1. The molecule has 0 spiro atoms. The van der Waals surface area contributed by atoms with Crippen molar-refractivity contribution >= 4 is 29.3 Å². The molecule has 1 aliphatic heterocycles. The van der Waals surface area contributed by atoms with Crippen molar-refractivity contribution in [3.63, 3.8) is 0 Å². The van der Waals surface area contributed by atoms with Gasteiger partial charge in [0.15, 0.2) is 0 Å². The summed E-state index contributed by atoms with van der Waals surface area (Å²) in [7, 11) is 0. The van der Waals surface area contributed by atoms with E-state index in [2.05, 4.69) is 16.4 Å². The minimum atomic E-state index is 0.00472. The predicted molar refractivity (Wildman–Crippen MR) is 99.6 cm³/mol. The van der Waals surface area contributed by atoms with Crippen molar-refractivity contribution in [3.8, 4) is 0 Å². The largest absolute Gasteiger partial charge is 0.351 e. The second kappa shape index (κ2) is 8.16. The third kappa shape index (κ3) is 4.39. The fourth-order valence-electron chi connectivity index (χ4n) is 2.85. The number of fused-ring (bicyclic) bond motifs is 1. The number of aromatic nitrogens is 1. The van der Waals surface area contributed by atoms with E-state index in [1.807, 2.05) is 36.1 Å². The molecule has 3 rings (SSSR count).